The quantitative estimate of drug-likeness (QED) is 0.650. The Hall–Kier alpha value is -1.49. The van der Waals surface area contributed by atoms with Crippen LogP contribution in [-0.4, -0.2) is 15.5 Å². The van der Waals surface area contributed by atoms with Crippen LogP contribution in [0.15, 0.2) is 58.4 Å². The second-order valence-corrected chi connectivity index (χ2v) is 6.65. The SMILES string of the molecule is O=c1cnn(CCSc2cc(Cl)ccc2Cl)c2ccccc12. The molecule has 0 amide bonds. The molecule has 0 spiro atoms. The maximum atomic E-state index is 11.8. The maximum Gasteiger partial charge on any atom is 0.207 e. The van der Waals surface area contributed by atoms with Crippen LogP contribution in [0.25, 0.3) is 10.9 Å². The molecule has 3 nitrogen and oxygen atoms in total. The van der Waals surface area contributed by atoms with E-state index in [2.05, 4.69) is 5.10 Å². The molecule has 0 aliphatic carbocycles. The molecule has 1 heterocycles. The smallest absolute Gasteiger partial charge is 0.207 e. The van der Waals surface area contributed by atoms with Crippen LogP contribution in [0.3, 0.4) is 0 Å². The predicted octanol–water partition coefficient (Wildman–Crippen LogP) is 4.50. The Bertz CT molecular complexity index is 879. The van der Waals surface area contributed by atoms with E-state index in [9.17, 15) is 4.79 Å². The number of aromatic nitrogens is 2. The van der Waals surface area contributed by atoms with Crippen molar-refractivity contribution in [3.8, 4) is 0 Å². The number of nitrogens with zero attached hydrogens (tertiary/aromatic N) is 2. The van der Waals surface area contributed by atoms with Gasteiger partial charge in [-0.3, -0.25) is 9.48 Å². The van der Waals surface area contributed by atoms with Gasteiger partial charge >= 0.3 is 0 Å². The fourth-order valence-electron chi connectivity index (χ4n) is 2.17. The predicted molar refractivity (Wildman–Crippen MR) is 93.2 cm³/mol. The fraction of sp³-hybridized carbons (Fsp3) is 0.125. The molecular formula is C16H12Cl2N2OS. The molecule has 0 atom stereocenters. The highest BCUT2D eigenvalue weighted by Gasteiger charge is 2.05. The number of benzene rings is 2. The van der Waals surface area contributed by atoms with E-state index >= 15 is 0 Å². The molecular weight excluding hydrogens is 339 g/mol. The third kappa shape index (κ3) is 3.29. The molecule has 0 saturated heterocycles. The third-order valence-corrected chi connectivity index (χ3v) is 4.93. The molecule has 112 valence electrons. The molecule has 0 fully saturated rings. The second-order valence-electron chi connectivity index (χ2n) is 4.67. The van der Waals surface area contributed by atoms with Gasteiger partial charge in [0, 0.05) is 21.1 Å². The largest absolute Gasteiger partial charge is 0.287 e. The standard InChI is InChI=1S/C16H12Cl2N2OS/c17-11-5-6-13(18)16(9-11)22-8-7-20-14-4-2-1-3-12(14)15(21)10-19-20/h1-6,9-10H,7-8H2. The lowest BCUT2D eigenvalue weighted by molar-refractivity contribution is 0.675. The van der Waals surface area contributed by atoms with E-state index in [4.69, 9.17) is 23.2 Å². The Labute approximate surface area is 141 Å². The number of para-hydroxylation sites is 1. The number of halogens is 2. The van der Waals surface area contributed by atoms with E-state index in [-0.39, 0.29) is 5.43 Å². The van der Waals surface area contributed by atoms with Crippen LogP contribution in [0.2, 0.25) is 10.0 Å². The van der Waals surface area contributed by atoms with Crippen molar-refractivity contribution in [2.24, 2.45) is 0 Å². The van der Waals surface area contributed by atoms with Gasteiger partial charge in [-0.05, 0) is 30.3 Å². The van der Waals surface area contributed by atoms with Gasteiger partial charge in [0.05, 0.1) is 23.3 Å². The number of thioether (sulfide) groups is 1. The molecule has 0 aliphatic heterocycles. The van der Waals surface area contributed by atoms with Crippen molar-refractivity contribution in [3.05, 3.63) is 68.9 Å². The van der Waals surface area contributed by atoms with Crippen LogP contribution in [0.5, 0.6) is 0 Å². The van der Waals surface area contributed by atoms with Crippen molar-refractivity contribution in [2.75, 3.05) is 5.75 Å². The van der Waals surface area contributed by atoms with Gasteiger partial charge in [-0.1, -0.05) is 35.3 Å². The summed E-state index contributed by atoms with van der Waals surface area (Å²) in [6.07, 6.45) is 1.36. The molecule has 0 N–H and O–H groups in total. The Balaban J connectivity index is 1.79. The van der Waals surface area contributed by atoms with Gasteiger partial charge in [0.2, 0.25) is 5.43 Å². The van der Waals surface area contributed by atoms with E-state index in [1.54, 1.807) is 23.9 Å². The summed E-state index contributed by atoms with van der Waals surface area (Å²) in [4.78, 5) is 12.7. The highest BCUT2D eigenvalue weighted by molar-refractivity contribution is 7.99. The first kappa shape index (κ1) is 15.4. The van der Waals surface area contributed by atoms with E-state index in [0.717, 1.165) is 16.2 Å². The van der Waals surface area contributed by atoms with Gasteiger partial charge in [-0.2, -0.15) is 5.10 Å². The van der Waals surface area contributed by atoms with Gasteiger partial charge in [0.25, 0.3) is 0 Å². The number of aryl methyl sites for hydroxylation is 1. The van der Waals surface area contributed by atoms with E-state index in [1.165, 1.54) is 6.20 Å². The Morgan fingerprint density at radius 3 is 2.82 bits per heavy atom. The van der Waals surface area contributed by atoms with Crippen molar-refractivity contribution in [3.63, 3.8) is 0 Å². The lowest BCUT2D eigenvalue weighted by Gasteiger charge is -2.09. The molecule has 0 saturated carbocycles. The Kier molecular flexibility index (Phi) is 4.71. The zero-order valence-electron chi connectivity index (χ0n) is 11.5. The van der Waals surface area contributed by atoms with Crippen LogP contribution in [0.4, 0.5) is 0 Å². The summed E-state index contributed by atoms with van der Waals surface area (Å²) in [7, 11) is 0. The molecule has 22 heavy (non-hydrogen) atoms. The van der Waals surface area contributed by atoms with Crippen LogP contribution in [0, 0.1) is 0 Å². The first-order valence-corrected chi connectivity index (χ1v) is 8.42. The summed E-state index contributed by atoms with van der Waals surface area (Å²) in [5.74, 6) is 0.778. The average molecular weight is 351 g/mol. The van der Waals surface area contributed by atoms with Crippen molar-refractivity contribution in [2.45, 2.75) is 11.4 Å². The summed E-state index contributed by atoms with van der Waals surface area (Å²) in [5, 5.41) is 6.25. The van der Waals surface area contributed by atoms with Gasteiger partial charge in [-0.25, -0.2) is 0 Å². The Morgan fingerprint density at radius 2 is 1.95 bits per heavy atom. The van der Waals surface area contributed by atoms with E-state index in [1.807, 2.05) is 35.0 Å². The van der Waals surface area contributed by atoms with Crippen LogP contribution < -0.4 is 5.43 Å². The third-order valence-electron chi connectivity index (χ3n) is 3.22. The highest BCUT2D eigenvalue weighted by atomic mass is 35.5. The Morgan fingerprint density at radius 1 is 1.14 bits per heavy atom. The molecule has 0 unspecified atom stereocenters. The zero-order valence-corrected chi connectivity index (χ0v) is 13.8. The van der Waals surface area contributed by atoms with Crippen LogP contribution in [0.1, 0.15) is 0 Å². The summed E-state index contributed by atoms with van der Waals surface area (Å²) in [6, 6.07) is 12.9. The molecule has 0 aliphatic rings. The minimum Gasteiger partial charge on any atom is -0.287 e. The van der Waals surface area contributed by atoms with E-state index in [0.29, 0.717) is 22.0 Å². The molecule has 0 bridgehead atoms. The van der Waals surface area contributed by atoms with Crippen LogP contribution in [-0.2, 0) is 6.54 Å². The highest BCUT2D eigenvalue weighted by Crippen LogP contribution is 2.29. The molecule has 0 radical (unpaired) electrons. The van der Waals surface area contributed by atoms with Crippen molar-refractivity contribution < 1.29 is 0 Å². The summed E-state index contributed by atoms with van der Waals surface area (Å²) in [5.41, 5.74) is 0.783. The van der Waals surface area contributed by atoms with Crippen molar-refractivity contribution in [1.82, 2.24) is 9.78 Å². The normalized spacial score (nSPS) is 11.0. The van der Waals surface area contributed by atoms with E-state index < -0.39 is 0 Å². The number of hydrogen-bond acceptors (Lipinski definition) is 3. The van der Waals surface area contributed by atoms with Gasteiger partial charge in [0.1, 0.15) is 0 Å². The summed E-state index contributed by atoms with van der Waals surface area (Å²) in [6.45, 7) is 0.675. The monoisotopic (exact) mass is 350 g/mol. The average Bonchev–Trinajstić information content (AvgIpc) is 2.53. The molecule has 2 aromatic carbocycles. The molecule has 3 aromatic rings. The zero-order chi connectivity index (χ0) is 15.5. The van der Waals surface area contributed by atoms with Crippen LogP contribution >= 0.6 is 35.0 Å². The molecule has 6 heteroatoms. The summed E-state index contributed by atoms with van der Waals surface area (Å²) < 4.78 is 1.84. The van der Waals surface area contributed by atoms with Gasteiger partial charge in [-0.15, -0.1) is 11.8 Å². The maximum absolute atomic E-state index is 11.8. The van der Waals surface area contributed by atoms with Crippen molar-refractivity contribution >= 4 is 45.9 Å². The van der Waals surface area contributed by atoms with Gasteiger partial charge < -0.3 is 0 Å². The number of rotatable bonds is 4. The van der Waals surface area contributed by atoms with Gasteiger partial charge in [0.15, 0.2) is 0 Å². The minimum atomic E-state index is -0.0580. The first-order valence-electron chi connectivity index (χ1n) is 6.68. The topological polar surface area (TPSA) is 34.9 Å². The van der Waals surface area contributed by atoms with Crippen molar-refractivity contribution in [1.29, 1.82) is 0 Å². The number of hydrogen-bond donors (Lipinski definition) is 0. The minimum absolute atomic E-state index is 0.0580. The first-order chi connectivity index (χ1) is 10.6. The molecule has 1 aromatic heterocycles. The fourth-order valence-corrected chi connectivity index (χ4v) is 3.59. The lowest BCUT2D eigenvalue weighted by Crippen LogP contribution is -2.13. The summed E-state index contributed by atoms with van der Waals surface area (Å²) >= 11 is 13.7. The number of fused-ring (bicyclic) bond motifs is 1. The lowest BCUT2D eigenvalue weighted by atomic mass is 10.2. The second kappa shape index (κ2) is 6.73. The molecule has 3 rings (SSSR count).